The van der Waals surface area contributed by atoms with E-state index in [0.29, 0.717) is 41.1 Å². The van der Waals surface area contributed by atoms with Gasteiger partial charge in [-0.1, -0.05) is 159 Å². The molecule has 2 aliphatic heterocycles. The van der Waals surface area contributed by atoms with E-state index in [1.807, 2.05) is 18.2 Å². The third-order valence-corrected chi connectivity index (χ3v) is 13.7. The molecule has 11 rings (SSSR count). The van der Waals surface area contributed by atoms with Crippen LogP contribution in [0.25, 0.3) is 33.9 Å². The minimum atomic E-state index is -0.0341. The molecule has 62 heavy (non-hydrogen) atoms. The Hall–Kier alpha value is -6.85. The van der Waals surface area contributed by atoms with Crippen molar-refractivity contribution in [3.63, 3.8) is 0 Å². The van der Waals surface area contributed by atoms with Crippen molar-refractivity contribution >= 4 is 11.1 Å². The van der Waals surface area contributed by atoms with E-state index in [9.17, 15) is 0 Å². The summed E-state index contributed by atoms with van der Waals surface area (Å²) < 4.78 is 6.40. The standard InChI is InChI=1S/C57H50N4O/c1-3-38(34-37(2)61-50-29-14-12-26-46(50)47-33-32-42(36-51(47)61)45-25-11-10-24-44(45)39-18-6-4-7-19-39)41-22-16-23-43(35-41)56-58-55(40-20-8-5-9-21-40)59-57(60-56)49-28-17-31-53-54(49)48-27-13-15-30-52(48)62-53/h3-4,6-8,10-18,20-23,25,27-36,39,44,46-48,51-52H,1-2,5,9,19,24,26H2/b38-34+. The molecule has 1 saturated heterocycles. The number of benzene rings is 2. The van der Waals surface area contributed by atoms with Crippen LogP contribution in [0.3, 0.4) is 0 Å². The number of allylic oxidation sites excluding steroid dienone is 23. The van der Waals surface area contributed by atoms with Gasteiger partial charge in [-0.25, -0.2) is 15.0 Å². The molecule has 8 aliphatic rings. The second-order valence-electron chi connectivity index (χ2n) is 17.3. The average molecular weight is 807 g/mol. The molecule has 0 radical (unpaired) electrons. The maximum Gasteiger partial charge on any atom is 0.164 e. The van der Waals surface area contributed by atoms with Gasteiger partial charge in [-0.15, -0.1) is 0 Å². The monoisotopic (exact) mass is 806 g/mol. The maximum absolute atomic E-state index is 6.40. The normalized spacial score (nSPS) is 27.4. The van der Waals surface area contributed by atoms with Crippen molar-refractivity contribution in [2.45, 2.75) is 50.2 Å². The molecule has 7 unspecified atom stereocenters. The van der Waals surface area contributed by atoms with Gasteiger partial charge in [0.25, 0.3) is 0 Å². The van der Waals surface area contributed by atoms with E-state index in [1.54, 1.807) is 0 Å². The van der Waals surface area contributed by atoms with Crippen LogP contribution in [-0.2, 0) is 0 Å². The third-order valence-electron chi connectivity index (χ3n) is 13.7. The Kier molecular flexibility index (Phi) is 9.96. The Bertz CT molecular complexity index is 2790. The summed E-state index contributed by atoms with van der Waals surface area (Å²) in [6.45, 7) is 9.10. The highest BCUT2D eigenvalue weighted by atomic mass is 16.5. The zero-order valence-electron chi connectivity index (χ0n) is 34.9. The molecule has 1 aromatic heterocycles. The fraction of sp³-hybridized carbons (Fsp3) is 0.211. The van der Waals surface area contributed by atoms with Gasteiger partial charge in [0, 0.05) is 51.4 Å². The Balaban J connectivity index is 0.943. The van der Waals surface area contributed by atoms with E-state index in [-0.39, 0.29) is 18.1 Å². The number of likely N-dealkylation sites (tertiary alicyclic amines) is 1. The molecule has 0 spiro atoms. The van der Waals surface area contributed by atoms with Crippen LogP contribution >= 0.6 is 0 Å². The van der Waals surface area contributed by atoms with Gasteiger partial charge in [0.05, 0.1) is 6.04 Å². The first kappa shape index (κ1) is 38.1. The zero-order valence-corrected chi connectivity index (χ0v) is 34.9. The molecular weight excluding hydrogens is 757 g/mol. The number of rotatable bonds is 9. The van der Waals surface area contributed by atoms with Gasteiger partial charge in [-0.05, 0) is 96.6 Å². The van der Waals surface area contributed by atoms with E-state index < -0.39 is 0 Å². The average Bonchev–Trinajstić information content (AvgIpc) is 3.89. The lowest BCUT2D eigenvalue weighted by Crippen LogP contribution is -2.31. The zero-order chi connectivity index (χ0) is 41.6. The molecule has 5 heteroatoms. The lowest BCUT2D eigenvalue weighted by Gasteiger charge is -2.34. The van der Waals surface area contributed by atoms with Crippen molar-refractivity contribution in [2.75, 3.05) is 0 Å². The van der Waals surface area contributed by atoms with Crippen LogP contribution in [0.15, 0.2) is 212 Å². The van der Waals surface area contributed by atoms with Crippen molar-refractivity contribution in [3.05, 3.63) is 229 Å². The topological polar surface area (TPSA) is 51.1 Å². The maximum atomic E-state index is 6.40. The summed E-state index contributed by atoms with van der Waals surface area (Å²) in [7, 11) is 0. The fourth-order valence-electron chi connectivity index (χ4n) is 10.7. The number of fused-ring (bicyclic) bond motifs is 6. The summed E-state index contributed by atoms with van der Waals surface area (Å²) in [5.41, 5.74) is 11.1. The molecule has 0 saturated carbocycles. The third kappa shape index (κ3) is 6.86. The van der Waals surface area contributed by atoms with Crippen LogP contribution < -0.4 is 4.74 Å². The fourth-order valence-corrected chi connectivity index (χ4v) is 10.7. The second kappa shape index (κ2) is 16.2. The largest absolute Gasteiger partial charge is 0.485 e. The minimum Gasteiger partial charge on any atom is -0.485 e. The van der Waals surface area contributed by atoms with Crippen molar-refractivity contribution in [2.24, 2.45) is 23.7 Å². The van der Waals surface area contributed by atoms with Gasteiger partial charge >= 0.3 is 0 Å². The molecule has 5 nitrogen and oxygen atoms in total. The van der Waals surface area contributed by atoms with E-state index in [1.165, 1.54) is 16.8 Å². The SMILES string of the molecule is C=C/C(=C\C(=C)N1C2=CC=CCC2C2C=CC(C3=CC=CCC3C3C=CC=CC3)=CC21)c1cccc(-c2nc(C3=CCCC=C3)nc(-c3cccc4c3C3C=CC=CC3O4)n2)c1. The molecule has 0 amide bonds. The van der Waals surface area contributed by atoms with Crippen molar-refractivity contribution in [1.82, 2.24) is 19.9 Å². The quantitative estimate of drug-likeness (QED) is 0.202. The first-order chi connectivity index (χ1) is 30.6. The predicted octanol–water partition coefficient (Wildman–Crippen LogP) is 12.9. The van der Waals surface area contributed by atoms with E-state index in [2.05, 4.69) is 169 Å². The number of aromatic nitrogens is 3. The first-order valence-corrected chi connectivity index (χ1v) is 22.3. The van der Waals surface area contributed by atoms with Crippen molar-refractivity contribution in [3.8, 4) is 28.5 Å². The van der Waals surface area contributed by atoms with E-state index >= 15 is 0 Å². The van der Waals surface area contributed by atoms with E-state index in [0.717, 1.165) is 77.0 Å². The lowest BCUT2D eigenvalue weighted by atomic mass is 9.73. The minimum absolute atomic E-state index is 0.0341. The number of ether oxygens (including phenoxy) is 1. The van der Waals surface area contributed by atoms with Crippen LogP contribution in [0.5, 0.6) is 5.75 Å². The molecule has 3 heterocycles. The van der Waals surface area contributed by atoms with Crippen LogP contribution in [0.1, 0.15) is 55.0 Å². The van der Waals surface area contributed by atoms with Gasteiger partial charge in [0.2, 0.25) is 0 Å². The van der Waals surface area contributed by atoms with E-state index in [4.69, 9.17) is 26.3 Å². The molecule has 0 N–H and O–H groups in total. The van der Waals surface area contributed by atoms with Crippen molar-refractivity contribution < 1.29 is 4.74 Å². The van der Waals surface area contributed by atoms with Crippen LogP contribution in [-0.4, -0.2) is 32.0 Å². The Morgan fingerprint density at radius 3 is 2.44 bits per heavy atom. The van der Waals surface area contributed by atoms with Crippen LogP contribution in [0, 0.1) is 23.7 Å². The summed E-state index contributed by atoms with van der Waals surface area (Å²) in [4.78, 5) is 18.0. The molecule has 1 fully saturated rings. The van der Waals surface area contributed by atoms with Crippen LogP contribution in [0.4, 0.5) is 0 Å². The molecule has 6 aliphatic carbocycles. The van der Waals surface area contributed by atoms with Crippen LogP contribution in [0.2, 0.25) is 0 Å². The molecular formula is C57H50N4O. The highest BCUT2D eigenvalue weighted by Crippen LogP contribution is 2.50. The summed E-state index contributed by atoms with van der Waals surface area (Å²) >= 11 is 0. The lowest BCUT2D eigenvalue weighted by molar-refractivity contribution is 0.269. The Morgan fingerprint density at radius 2 is 1.56 bits per heavy atom. The predicted molar refractivity (Wildman–Crippen MR) is 253 cm³/mol. The van der Waals surface area contributed by atoms with Crippen molar-refractivity contribution in [1.29, 1.82) is 0 Å². The van der Waals surface area contributed by atoms with Gasteiger partial charge in [0.15, 0.2) is 17.5 Å². The van der Waals surface area contributed by atoms with Gasteiger partial charge in [0.1, 0.15) is 11.9 Å². The van der Waals surface area contributed by atoms with Gasteiger partial charge < -0.3 is 9.64 Å². The first-order valence-electron chi connectivity index (χ1n) is 22.3. The second-order valence-corrected chi connectivity index (χ2v) is 17.3. The van der Waals surface area contributed by atoms with Gasteiger partial charge in [-0.3, -0.25) is 0 Å². The Morgan fingerprint density at radius 1 is 0.742 bits per heavy atom. The number of hydrogen-bond donors (Lipinski definition) is 0. The Labute approximate surface area is 365 Å². The molecule has 3 aromatic rings. The highest BCUT2D eigenvalue weighted by Gasteiger charge is 2.45. The summed E-state index contributed by atoms with van der Waals surface area (Å²) in [6, 6.07) is 14.9. The number of nitrogens with zero attached hydrogens (tertiary/aromatic N) is 4. The molecule has 7 atom stereocenters. The smallest absolute Gasteiger partial charge is 0.164 e. The highest BCUT2D eigenvalue weighted by molar-refractivity contribution is 5.80. The molecule has 0 bridgehead atoms. The number of hydrogen-bond acceptors (Lipinski definition) is 5. The summed E-state index contributed by atoms with van der Waals surface area (Å²) in [5.74, 6) is 4.66. The molecule has 304 valence electrons. The summed E-state index contributed by atoms with van der Waals surface area (Å²) in [5, 5.41) is 0. The molecule has 2 aromatic carbocycles. The van der Waals surface area contributed by atoms with Gasteiger partial charge in [-0.2, -0.15) is 0 Å². The summed E-state index contributed by atoms with van der Waals surface area (Å²) in [6.07, 6.45) is 54.6.